The quantitative estimate of drug-likeness (QED) is 0.231. The normalized spacial score (nSPS) is 11.2. The Kier molecular flexibility index (Phi) is 9.77. The first kappa shape index (κ1) is 23.2. The van der Waals surface area contributed by atoms with Crippen LogP contribution in [0.2, 0.25) is 0 Å². The van der Waals surface area contributed by atoms with Crippen LogP contribution in [0.15, 0.2) is 23.1 Å². The van der Waals surface area contributed by atoms with E-state index in [1.165, 1.54) is 47.7 Å². The minimum atomic E-state index is -4.36. The monoisotopic (exact) mass is 427 g/mol. The van der Waals surface area contributed by atoms with E-state index >= 15 is 0 Å². The minimum Gasteiger partial charge on any atom is -0.495 e. The van der Waals surface area contributed by atoms with Crippen LogP contribution >= 0.6 is 32.9 Å². The summed E-state index contributed by atoms with van der Waals surface area (Å²) in [6, 6.07) is 4.78. The Morgan fingerprint density at radius 1 is 1.20 bits per heavy atom. The Morgan fingerprint density at radius 3 is 2.52 bits per heavy atom. The standard InChI is InChI=1S/C16H20O4S4.Na/c1-3-4-5-6-7-13-15(16(21)23-22-13)11-8-9-12(20-2)14(10-11)24(17,18)19;/h8-10H,3-7H2,1-2H3,(H,17,18,19);/q;+1. The molecule has 4 nitrogen and oxygen atoms in total. The van der Waals surface area contributed by atoms with E-state index in [9.17, 15) is 13.0 Å². The molecule has 0 unspecified atom stereocenters. The molecule has 9 heteroatoms. The van der Waals surface area contributed by atoms with E-state index in [-0.39, 0.29) is 40.2 Å². The number of benzene rings is 1. The molecule has 0 saturated heterocycles. The largest absolute Gasteiger partial charge is 1.00 e. The number of hydrogen-bond donors (Lipinski definition) is 1. The van der Waals surface area contributed by atoms with E-state index in [1.54, 1.807) is 22.5 Å². The van der Waals surface area contributed by atoms with Crippen molar-refractivity contribution >= 4 is 43.0 Å². The van der Waals surface area contributed by atoms with Gasteiger partial charge in [0.2, 0.25) is 0 Å². The average molecular weight is 428 g/mol. The smallest absolute Gasteiger partial charge is 0.495 e. The van der Waals surface area contributed by atoms with Crippen molar-refractivity contribution in [2.45, 2.75) is 43.9 Å². The van der Waals surface area contributed by atoms with Crippen LogP contribution < -0.4 is 34.3 Å². The van der Waals surface area contributed by atoms with Gasteiger partial charge in [-0.2, -0.15) is 8.42 Å². The Bertz CT molecular complexity index is 855. The van der Waals surface area contributed by atoms with Crippen molar-refractivity contribution in [1.82, 2.24) is 0 Å². The van der Waals surface area contributed by atoms with Crippen LogP contribution in [0.4, 0.5) is 0 Å². The van der Waals surface area contributed by atoms with E-state index in [0.29, 0.717) is 5.56 Å². The molecule has 0 radical (unpaired) electrons. The fourth-order valence-corrected chi connectivity index (χ4v) is 6.15. The van der Waals surface area contributed by atoms with Gasteiger partial charge in [0.05, 0.1) is 7.11 Å². The fourth-order valence-electron chi connectivity index (χ4n) is 2.48. The van der Waals surface area contributed by atoms with E-state index in [0.717, 1.165) is 22.2 Å². The summed E-state index contributed by atoms with van der Waals surface area (Å²) in [5.74, 6) is 0.121. The molecule has 0 bridgehead atoms. The molecule has 25 heavy (non-hydrogen) atoms. The fraction of sp³-hybridized carbons (Fsp3) is 0.438. The van der Waals surface area contributed by atoms with Crippen molar-refractivity contribution in [3.05, 3.63) is 26.9 Å². The zero-order chi connectivity index (χ0) is 17.7. The predicted molar refractivity (Wildman–Crippen MR) is 103 cm³/mol. The maximum Gasteiger partial charge on any atom is 1.00 e. The summed E-state index contributed by atoms with van der Waals surface area (Å²) in [5.41, 5.74) is 1.61. The predicted octanol–water partition coefficient (Wildman–Crippen LogP) is 2.59. The molecule has 1 aromatic carbocycles. The van der Waals surface area contributed by atoms with Gasteiger partial charge in [0.1, 0.15) is 14.5 Å². The van der Waals surface area contributed by atoms with Gasteiger partial charge in [0.25, 0.3) is 10.1 Å². The van der Waals surface area contributed by atoms with Gasteiger partial charge in [-0.15, -0.1) is 0 Å². The Hall–Kier alpha value is 0.200. The van der Waals surface area contributed by atoms with Gasteiger partial charge in [0.15, 0.2) is 0 Å². The molecule has 132 valence electrons. The topological polar surface area (TPSA) is 63.6 Å². The molecule has 1 heterocycles. The molecule has 0 aliphatic heterocycles. The number of methoxy groups -OCH3 is 1. The summed E-state index contributed by atoms with van der Waals surface area (Å²) in [6.07, 6.45) is 5.58. The zero-order valence-electron chi connectivity index (χ0n) is 14.6. The molecule has 1 N–H and O–H groups in total. The van der Waals surface area contributed by atoms with Crippen molar-refractivity contribution in [3.63, 3.8) is 0 Å². The second-order valence-electron chi connectivity index (χ2n) is 5.40. The zero-order valence-corrected chi connectivity index (χ0v) is 19.8. The molecule has 0 atom stereocenters. The van der Waals surface area contributed by atoms with E-state index in [2.05, 4.69) is 6.92 Å². The summed E-state index contributed by atoms with van der Waals surface area (Å²) < 4.78 is 38.4. The number of hydrogen-bond acceptors (Lipinski definition) is 6. The number of ether oxygens (including phenoxy) is 1. The molecule has 1 aromatic heterocycles. The second kappa shape index (κ2) is 10.5. The first-order valence-corrected chi connectivity index (χ1v) is 11.7. The number of unbranched alkanes of at least 4 members (excludes halogenated alkanes) is 3. The molecule has 0 aliphatic carbocycles. The summed E-state index contributed by atoms with van der Waals surface area (Å²) in [4.78, 5) is 0.942. The van der Waals surface area contributed by atoms with Gasteiger partial charge in [-0.1, -0.05) is 65.2 Å². The summed E-state index contributed by atoms with van der Waals surface area (Å²) in [5, 5.41) is 0. The summed E-state index contributed by atoms with van der Waals surface area (Å²) >= 11 is 5.44. The third-order valence-electron chi connectivity index (χ3n) is 3.69. The molecule has 2 aromatic rings. The van der Waals surface area contributed by atoms with E-state index in [1.807, 2.05) is 0 Å². The van der Waals surface area contributed by atoms with Gasteiger partial charge in [-0.25, -0.2) is 0 Å². The third kappa shape index (κ3) is 6.10. The van der Waals surface area contributed by atoms with Crippen molar-refractivity contribution < 1.29 is 47.3 Å². The van der Waals surface area contributed by atoms with Crippen LogP contribution in [0, 0.1) is 3.82 Å². The first-order chi connectivity index (χ1) is 11.4. The first-order valence-electron chi connectivity index (χ1n) is 7.66. The number of rotatable bonds is 8. The molecule has 0 amide bonds. The average Bonchev–Trinajstić information content (AvgIpc) is 2.91. The van der Waals surface area contributed by atoms with Crippen molar-refractivity contribution in [3.8, 4) is 16.9 Å². The maximum absolute atomic E-state index is 11.6. The van der Waals surface area contributed by atoms with Gasteiger partial charge in [-0.05, 0) is 30.5 Å². The van der Waals surface area contributed by atoms with Crippen LogP contribution in [0.3, 0.4) is 0 Å². The molecular weight excluding hydrogens is 407 g/mol. The van der Waals surface area contributed by atoms with Gasteiger partial charge >= 0.3 is 29.6 Å². The summed E-state index contributed by atoms with van der Waals surface area (Å²) in [6.45, 7) is 2.17. The van der Waals surface area contributed by atoms with E-state index in [4.69, 9.17) is 17.0 Å². The minimum absolute atomic E-state index is 0. The molecule has 0 saturated carbocycles. The van der Waals surface area contributed by atoms with Crippen molar-refractivity contribution in [1.29, 1.82) is 0 Å². The Labute approximate surface area is 183 Å². The second-order valence-corrected chi connectivity index (χ2v) is 9.69. The van der Waals surface area contributed by atoms with Crippen LogP contribution in [0.1, 0.15) is 37.5 Å². The number of aryl methyl sites for hydroxylation is 1. The SMILES string of the molecule is CCCCCCc1ssc(=S)c1-c1ccc(OC)c(S(=O)(=O)O)c1.[Na+]. The third-order valence-corrected chi connectivity index (χ3v) is 7.74. The van der Waals surface area contributed by atoms with Crippen molar-refractivity contribution in [2.24, 2.45) is 0 Å². The van der Waals surface area contributed by atoms with Gasteiger partial charge in [0, 0.05) is 10.4 Å². The molecule has 0 aliphatic rings. The van der Waals surface area contributed by atoms with E-state index < -0.39 is 10.1 Å². The van der Waals surface area contributed by atoms with Gasteiger partial charge < -0.3 is 4.74 Å². The van der Waals surface area contributed by atoms with Crippen LogP contribution in [-0.2, 0) is 16.5 Å². The molecule has 0 fully saturated rings. The summed E-state index contributed by atoms with van der Waals surface area (Å²) in [7, 11) is 0.181. The Balaban J connectivity index is 0.00000312. The van der Waals surface area contributed by atoms with Crippen LogP contribution in [0.25, 0.3) is 11.1 Å². The van der Waals surface area contributed by atoms with Gasteiger partial charge in [-0.3, -0.25) is 4.55 Å². The van der Waals surface area contributed by atoms with Crippen molar-refractivity contribution in [2.75, 3.05) is 7.11 Å². The molecule has 2 rings (SSSR count). The molecular formula is C16H20NaO4S4+. The van der Waals surface area contributed by atoms with Crippen LogP contribution in [0.5, 0.6) is 5.75 Å². The Morgan fingerprint density at radius 2 is 1.92 bits per heavy atom. The molecule has 0 spiro atoms. The maximum atomic E-state index is 11.6. The van der Waals surface area contributed by atoms with Crippen LogP contribution in [-0.4, -0.2) is 20.1 Å².